The molecular formula is C26H38O6. The van der Waals surface area contributed by atoms with Gasteiger partial charge < -0.3 is 14.6 Å². The molecule has 1 heterocycles. The predicted octanol–water partition coefficient (Wildman–Crippen LogP) is 4.25. The summed E-state index contributed by atoms with van der Waals surface area (Å²) in [6.07, 6.45) is 6.21. The van der Waals surface area contributed by atoms with E-state index in [1.807, 2.05) is 0 Å². The van der Waals surface area contributed by atoms with Crippen molar-refractivity contribution in [3.8, 4) is 0 Å². The molecule has 6 heteroatoms. The molecule has 1 N–H and O–H groups in total. The maximum atomic E-state index is 13.8. The number of carboxylic acid groups (broad SMARTS) is 1. The van der Waals surface area contributed by atoms with Gasteiger partial charge in [0.05, 0.1) is 13.2 Å². The number of Topliss-reactive ketones (excluding diaryl/α,β-unsaturated/α-hetero) is 2. The second-order valence-corrected chi connectivity index (χ2v) is 11.9. The van der Waals surface area contributed by atoms with E-state index in [0.717, 1.165) is 32.1 Å². The summed E-state index contributed by atoms with van der Waals surface area (Å²) in [5.41, 5.74) is -0.519. The minimum Gasteiger partial charge on any atom is -0.481 e. The van der Waals surface area contributed by atoms with Crippen LogP contribution in [0.25, 0.3) is 0 Å². The molecule has 0 amide bonds. The number of hydrogen-bond acceptors (Lipinski definition) is 5. The van der Waals surface area contributed by atoms with Crippen LogP contribution in [0.2, 0.25) is 0 Å². The molecule has 4 aliphatic carbocycles. The van der Waals surface area contributed by atoms with Crippen molar-refractivity contribution in [2.24, 2.45) is 46.3 Å². The third kappa shape index (κ3) is 3.15. The third-order valence-corrected chi connectivity index (χ3v) is 10.7. The Labute approximate surface area is 190 Å². The Bertz CT molecular complexity index is 815. The first-order valence-corrected chi connectivity index (χ1v) is 12.7. The first-order chi connectivity index (χ1) is 15.1. The zero-order valence-corrected chi connectivity index (χ0v) is 19.7. The van der Waals surface area contributed by atoms with Crippen molar-refractivity contribution in [3.05, 3.63) is 0 Å². The van der Waals surface area contributed by atoms with E-state index in [0.29, 0.717) is 44.0 Å². The molecule has 178 valence electrons. The van der Waals surface area contributed by atoms with Gasteiger partial charge in [-0.1, -0.05) is 20.8 Å². The molecule has 0 bridgehead atoms. The molecule has 0 aromatic heterocycles. The second-order valence-electron chi connectivity index (χ2n) is 11.9. The van der Waals surface area contributed by atoms with Crippen LogP contribution in [-0.4, -0.2) is 41.6 Å². The predicted molar refractivity (Wildman–Crippen MR) is 117 cm³/mol. The molecule has 0 aromatic rings. The Kier molecular flexibility index (Phi) is 5.37. The number of fused-ring (bicyclic) bond motifs is 5. The molecular weight excluding hydrogens is 408 g/mol. The van der Waals surface area contributed by atoms with Gasteiger partial charge in [0, 0.05) is 43.4 Å². The van der Waals surface area contributed by atoms with E-state index in [9.17, 15) is 14.4 Å². The summed E-state index contributed by atoms with van der Waals surface area (Å²) in [5.74, 6) is 0.121. The molecule has 8 atom stereocenters. The van der Waals surface area contributed by atoms with Gasteiger partial charge in [-0.05, 0) is 60.7 Å². The molecule has 0 aromatic carbocycles. The highest BCUT2D eigenvalue weighted by Gasteiger charge is 2.67. The molecule has 1 spiro atoms. The minimum atomic E-state index is -0.779. The first kappa shape index (κ1) is 22.5. The van der Waals surface area contributed by atoms with E-state index in [4.69, 9.17) is 14.6 Å². The summed E-state index contributed by atoms with van der Waals surface area (Å²) in [6.45, 7) is 7.78. The van der Waals surface area contributed by atoms with Crippen LogP contribution in [0.5, 0.6) is 0 Å². The lowest BCUT2D eigenvalue weighted by Gasteiger charge is -2.60. The second kappa shape index (κ2) is 7.63. The van der Waals surface area contributed by atoms with Crippen LogP contribution in [0.4, 0.5) is 0 Å². The number of hydrogen-bond donors (Lipinski definition) is 1. The van der Waals surface area contributed by atoms with Crippen molar-refractivity contribution in [3.63, 3.8) is 0 Å². The van der Waals surface area contributed by atoms with Gasteiger partial charge >= 0.3 is 5.97 Å². The Balaban J connectivity index is 1.41. The summed E-state index contributed by atoms with van der Waals surface area (Å²) >= 11 is 0. The average molecular weight is 447 g/mol. The fraction of sp³-hybridized carbons (Fsp3) is 0.885. The van der Waals surface area contributed by atoms with E-state index in [1.54, 1.807) is 0 Å². The van der Waals surface area contributed by atoms with E-state index < -0.39 is 17.2 Å². The lowest BCUT2D eigenvalue weighted by molar-refractivity contribution is -0.225. The topological polar surface area (TPSA) is 89.9 Å². The molecule has 5 fully saturated rings. The summed E-state index contributed by atoms with van der Waals surface area (Å²) in [6, 6.07) is 0. The van der Waals surface area contributed by atoms with E-state index >= 15 is 0 Å². The third-order valence-electron chi connectivity index (χ3n) is 10.7. The zero-order chi connectivity index (χ0) is 22.9. The molecule has 6 nitrogen and oxygen atoms in total. The van der Waals surface area contributed by atoms with Gasteiger partial charge in [-0.3, -0.25) is 14.4 Å². The minimum absolute atomic E-state index is 0.0247. The monoisotopic (exact) mass is 446 g/mol. The Morgan fingerprint density at radius 1 is 1.09 bits per heavy atom. The average Bonchev–Trinajstić information content (AvgIpc) is 3.34. The van der Waals surface area contributed by atoms with Crippen LogP contribution < -0.4 is 0 Å². The molecule has 5 rings (SSSR count). The van der Waals surface area contributed by atoms with Crippen molar-refractivity contribution in [2.45, 2.75) is 84.3 Å². The normalized spacial score (nSPS) is 45.9. The fourth-order valence-electron chi connectivity index (χ4n) is 8.85. The quantitative estimate of drug-likeness (QED) is 0.694. The summed E-state index contributed by atoms with van der Waals surface area (Å²) in [7, 11) is 0. The Morgan fingerprint density at radius 2 is 1.81 bits per heavy atom. The van der Waals surface area contributed by atoms with Crippen molar-refractivity contribution >= 4 is 17.5 Å². The summed E-state index contributed by atoms with van der Waals surface area (Å²) in [4.78, 5) is 38.6. The van der Waals surface area contributed by atoms with Gasteiger partial charge in [-0.2, -0.15) is 0 Å². The van der Waals surface area contributed by atoms with Gasteiger partial charge in [0.15, 0.2) is 5.79 Å². The largest absolute Gasteiger partial charge is 0.481 e. The number of carbonyl (C=O) groups is 3. The van der Waals surface area contributed by atoms with Crippen LogP contribution in [0, 0.1) is 46.3 Å². The molecule has 0 radical (unpaired) electrons. The van der Waals surface area contributed by atoms with Crippen LogP contribution in [-0.2, 0) is 23.9 Å². The standard InChI is InChI=1S/C26H38O6/c1-15(4-7-22(29)30)17-5-6-18-23-19(13-21(28)25(17,18)3)24(2)8-9-26(31-10-11-32-26)14-16(24)12-20(23)27/h15-19,23H,4-14H2,1-3H3,(H,29,30)/t15-,16+,17+,18+,19-,23+,24-,25+/m0/s1. The van der Waals surface area contributed by atoms with Crippen LogP contribution in [0.1, 0.15) is 78.6 Å². The summed E-state index contributed by atoms with van der Waals surface area (Å²) < 4.78 is 12.0. The first-order valence-electron chi connectivity index (χ1n) is 12.7. The van der Waals surface area contributed by atoms with Gasteiger partial charge in [-0.25, -0.2) is 0 Å². The van der Waals surface area contributed by atoms with E-state index in [-0.39, 0.29) is 47.3 Å². The number of ketones is 2. The van der Waals surface area contributed by atoms with E-state index in [2.05, 4.69) is 20.8 Å². The van der Waals surface area contributed by atoms with Crippen molar-refractivity contribution < 1.29 is 29.0 Å². The zero-order valence-electron chi connectivity index (χ0n) is 19.7. The molecule has 32 heavy (non-hydrogen) atoms. The number of carbonyl (C=O) groups excluding carboxylic acids is 2. The molecule has 0 unspecified atom stereocenters. The number of ether oxygens (including phenoxy) is 2. The fourth-order valence-corrected chi connectivity index (χ4v) is 8.85. The van der Waals surface area contributed by atoms with Gasteiger partial charge in [0.2, 0.25) is 0 Å². The van der Waals surface area contributed by atoms with Crippen LogP contribution >= 0.6 is 0 Å². The Morgan fingerprint density at radius 3 is 2.50 bits per heavy atom. The SMILES string of the molecule is C[C@@H](CCC(=O)O)[C@H]1CC[C@@H]2[C@H]3C(=O)C[C@@H]4CC5(CC[C@]4(C)[C@H]3CC(=O)[C@@]21C)OCCO5. The van der Waals surface area contributed by atoms with Crippen molar-refractivity contribution in [2.75, 3.05) is 13.2 Å². The van der Waals surface area contributed by atoms with Crippen molar-refractivity contribution in [1.29, 1.82) is 0 Å². The van der Waals surface area contributed by atoms with Crippen molar-refractivity contribution in [1.82, 2.24) is 0 Å². The highest BCUT2D eigenvalue weighted by atomic mass is 16.7. The van der Waals surface area contributed by atoms with E-state index in [1.165, 1.54) is 0 Å². The summed E-state index contributed by atoms with van der Waals surface area (Å²) in [5, 5.41) is 9.13. The smallest absolute Gasteiger partial charge is 0.303 e. The number of rotatable bonds is 4. The number of carboxylic acids is 1. The molecule has 1 aliphatic heterocycles. The van der Waals surface area contributed by atoms with Gasteiger partial charge in [-0.15, -0.1) is 0 Å². The maximum Gasteiger partial charge on any atom is 0.303 e. The molecule has 4 saturated carbocycles. The van der Waals surface area contributed by atoms with Crippen LogP contribution in [0.3, 0.4) is 0 Å². The lowest BCUT2D eigenvalue weighted by atomic mass is 9.43. The highest BCUT2D eigenvalue weighted by molar-refractivity contribution is 5.92. The lowest BCUT2D eigenvalue weighted by Crippen LogP contribution is -2.61. The number of aliphatic carboxylic acids is 1. The Hall–Kier alpha value is -1.27. The van der Waals surface area contributed by atoms with Crippen LogP contribution in [0.15, 0.2) is 0 Å². The molecule has 5 aliphatic rings. The maximum absolute atomic E-state index is 13.8. The van der Waals surface area contributed by atoms with Gasteiger partial charge in [0.1, 0.15) is 11.6 Å². The highest BCUT2D eigenvalue weighted by Crippen LogP contribution is 2.67. The van der Waals surface area contributed by atoms with Gasteiger partial charge in [0.25, 0.3) is 0 Å². The molecule has 1 saturated heterocycles.